The van der Waals surface area contributed by atoms with Gasteiger partial charge < -0.3 is 24.1 Å². The summed E-state index contributed by atoms with van der Waals surface area (Å²) >= 11 is 0. The third-order valence-corrected chi connectivity index (χ3v) is 4.43. The second-order valence-corrected chi connectivity index (χ2v) is 6.71. The summed E-state index contributed by atoms with van der Waals surface area (Å²) in [6, 6.07) is 15.5. The van der Waals surface area contributed by atoms with Crippen LogP contribution in [-0.2, 0) is 22.6 Å². The van der Waals surface area contributed by atoms with Gasteiger partial charge in [-0.15, -0.1) is 0 Å². The molecule has 0 unspecified atom stereocenters. The van der Waals surface area contributed by atoms with E-state index in [4.69, 9.17) is 14.2 Å². The third-order valence-electron chi connectivity index (χ3n) is 4.43. The molecule has 0 aromatic heterocycles. The minimum absolute atomic E-state index is 0.0153. The Morgan fingerprint density at radius 2 is 1.63 bits per heavy atom. The van der Waals surface area contributed by atoms with E-state index in [2.05, 4.69) is 0 Å². The number of methoxy groups -OCH3 is 2. The zero-order chi connectivity index (χ0) is 19.6. The van der Waals surface area contributed by atoms with Gasteiger partial charge in [-0.2, -0.15) is 0 Å². The van der Waals surface area contributed by atoms with Gasteiger partial charge in [0.25, 0.3) is 0 Å². The van der Waals surface area contributed by atoms with Crippen molar-refractivity contribution < 1.29 is 24.1 Å². The van der Waals surface area contributed by atoms with Gasteiger partial charge in [0.1, 0.15) is 11.5 Å². The molecule has 0 saturated carbocycles. The van der Waals surface area contributed by atoms with Crippen LogP contribution in [0.15, 0.2) is 48.5 Å². The van der Waals surface area contributed by atoms with E-state index in [1.807, 2.05) is 49.4 Å². The van der Waals surface area contributed by atoms with Crippen LogP contribution < -0.4 is 14.6 Å². The summed E-state index contributed by atoms with van der Waals surface area (Å²) in [6.07, 6.45) is 1.13. The molecule has 0 heterocycles. The summed E-state index contributed by atoms with van der Waals surface area (Å²) in [5.74, 6) is 0.220. The van der Waals surface area contributed by atoms with E-state index >= 15 is 0 Å². The van der Waals surface area contributed by atoms with Crippen molar-refractivity contribution in [2.75, 3.05) is 14.2 Å². The lowest BCUT2D eigenvalue weighted by Gasteiger charge is -2.22. The number of carbonyl (C=O) groups is 1. The number of benzene rings is 2. The fraction of sp³-hybridized carbons (Fsp3) is 0.409. The maximum absolute atomic E-state index is 11.2. The normalized spacial score (nSPS) is 13.0. The molecule has 2 atom stereocenters. The van der Waals surface area contributed by atoms with Crippen molar-refractivity contribution in [2.45, 2.75) is 38.9 Å². The van der Waals surface area contributed by atoms with Crippen molar-refractivity contribution in [3.8, 4) is 11.5 Å². The number of ether oxygens (including phenoxy) is 3. The van der Waals surface area contributed by atoms with Crippen molar-refractivity contribution in [3.63, 3.8) is 0 Å². The Morgan fingerprint density at radius 1 is 1.00 bits per heavy atom. The Kier molecular flexibility index (Phi) is 8.14. The van der Waals surface area contributed by atoms with Crippen molar-refractivity contribution in [1.29, 1.82) is 0 Å². The summed E-state index contributed by atoms with van der Waals surface area (Å²) in [5.41, 5.74) is 2.06. The number of rotatable bonds is 11. The smallest absolute Gasteiger partial charge is 0.122 e. The van der Waals surface area contributed by atoms with Crippen molar-refractivity contribution in [2.24, 2.45) is 5.92 Å². The highest BCUT2D eigenvalue weighted by molar-refractivity contribution is 5.64. The van der Waals surface area contributed by atoms with Gasteiger partial charge in [-0.25, -0.2) is 0 Å². The van der Waals surface area contributed by atoms with E-state index in [1.165, 1.54) is 0 Å². The molecule has 2 aromatic carbocycles. The van der Waals surface area contributed by atoms with Gasteiger partial charge in [-0.1, -0.05) is 30.3 Å². The zero-order valence-electron chi connectivity index (χ0n) is 16.1. The van der Waals surface area contributed by atoms with Crippen molar-refractivity contribution >= 4 is 5.97 Å². The largest absolute Gasteiger partial charge is 0.550 e. The average molecular weight is 371 g/mol. The molecule has 0 aliphatic heterocycles. The van der Waals surface area contributed by atoms with Crippen molar-refractivity contribution in [1.82, 2.24) is 0 Å². The van der Waals surface area contributed by atoms with E-state index in [0.717, 1.165) is 11.1 Å². The predicted molar refractivity (Wildman–Crippen MR) is 102 cm³/mol. The first-order valence-electron chi connectivity index (χ1n) is 9.07. The van der Waals surface area contributed by atoms with Gasteiger partial charge in [-0.3, -0.25) is 0 Å². The molecule has 2 rings (SSSR count). The standard InChI is InChI=1S/C22H28O5/c1-16(27-15-17-7-5-4-6-8-17)9-18(13-22(23)24)10-19-11-20(25-2)14-21(12-19)26-3/h4-8,11-12,14,16,18H,9-10,13,15H2,1-3H3,(H,23,24)/p-1/t16-,18-/m0/s1. The Balaban J connectivity index is 2.00. The molecule has 5 heteroatoms. The Bertz CT molecular complexity index is 692. The second kappa shape index (κ2) is 10.6. The summed E-state index contributed by atoms with van der Waals surface area (Å²) in [5, 5.41) is 11.2. The Labute approximate surface area is 160 Å². The fourth-order valence-electron chi connectivity index (χ4n) is 3.14. The minimum Gasteiger partial charge on any atom is -0.550 e. The number of hydrogen-bond acceptors (Lipinski definition) is 5. The number of aliphatic carboxylic acids is 1. The van der Waals surface area contributed by atoms with E-state index < -0.39 is 5.97 Å². The SMILES string of the molecule is COc1cc(C[C@@H](CC(=O)[O-])C[C@H](C)OCc2ccccc2)cc(OC)c1. The number of carbonyl (C=O) groups excluding carboxylic acids is 1. The van der Waals surface area contributed by atoms with Crippen LogP contribution in [0.3, 0.4) is 0 Å². The highest BCUT2D eigenvalue weighted by Gasteiger charge is 2.16. The Hall–Kier alpha value is -2.53. The molecule has 0 aliphatic carbocycles. The predicted octanol–water partition coefficient (Wildman–Crippen LogP) is 3.00. The van der Waals surface area contributed by atoms with Gasteiger partial charge >= 0.3 is 0 Å². The monoisotopic (exact) mass is 371 g/mol. The lowest BCUT2D eigenvalue weighted by Crippen LogP contribution is -2.28. The number of carboxylic acids is 1. The molecule has 0 amide bonds. The molecule has 0 saturated heterocycles. The molecule has 146 valence electrons. The van der Waals surface area contributed by atoms with Gasteiger partial charge in [0.15, 0.2) is 0 Å². The van der Waals surface area contributed by atoms with Crippen LogP contribution >= 0.6 is 0 Å². The van der Waals surface area contributed by atoms with E-state index in [9.17, 15) is 9.90 Å². The number of hydrogen-bond donors (Lipinski definition) is 0. The van der Waals surface area contributed by atoms with E-state index in [0.29, 0.717) is 30.9 Å². The molecular formula is C22H27O5-. The highest BCUT2D eigenvalue weighted by Crippen LogP contribution is 2.27. The van der Waals surface area contributed by atoms with Crippen LogP contribution in [0.4, 0.5) is 0 Å². The maximum Gasteiger partial charge on any atom is 0.122 e. The molecule has 0 fully saturated rings. The molecule has 27 heavy (non-hydrogen) atoms. The lowest BCUT2D eigenvalue weighted by atomic mass is 9.91. The van der Waals surface area contributed by atoms with Gasteiger partial charge in [-0.05, 0) is 55.4 Å². The van der Waals surface area contributed by atoms with Gasteiger partial charge in [0, 0.05) is 12.0 Å². The van der Waals surface area contributed by atoms with E-state index in [-0.39, 0.29) is 18.4 Å². The topological polar surface area (TPSA) is 67.8 Å². The quantitative estimate of drug-likeness (QED) is 0.607. The third kappa shape index (κ3) is 7.31. The van der Waals surface area contributed by atoms with Crippen LogP contribution in [0.2, 0.25) is 0 Å². The first kappa shape index (κ1) is 20.8. The molecule has 5 nitrogen and oxygen atoms in total. The molecule has 0 bridgehead atoms. The van der Waals surface area contributed by atoms with Crippen LogP contribution in [-0.4, -0.2) is 26.3 Å². The average Bonchev–Trinajstić information content (AvgIpc) is 2.66. The van der Waals surface area contributed by atoms with Crippen molar-refractivity contribution in [3.05, 3.63) is 59.7 Å². The Morgan fingerprint density at radius 3 is 2.19 bits per heavy atom. The fourth-order valence-corrected chi connectivity index (χ4v) is 3.14. The molecule has 0 spiro atoms. The van der Waals surface area contributed by atoms with E-state index in [1.54, 1.807) is 20.3 Å². The summed E-state index contributed by atoms with van der Waals surface area (Å²) < 4.78 is 16.5. The zero-order valence-corrected chi connectivity index (χ0v) is 16.1. The van der Waals surface area contributed by atoms with Crippen LogP contribution in [0, 0.1) is 5.92 Å². The number of carboxylic acid groups (broad SMARTS) is 1. The molecule has 0 aliphatic rings. The molecule has 2 aromatic rings. The van der Waals surface area contributed by atoms with Crippen LogP contribution in [0.5, 0.6) is 11.5 Å². The van der Waals surface area contributed by atoms with Gasteiger partial charge in [0.05, 0.1) is 26.9 Å². The lowest BCUT2D eigenvalue weighted by molar-refractivity contribution is -0.306. The summed E-state index contributed by atoms with van der Waals surface area (Å²) in [6.45, 7) is 2.48. The highest BCUT2D eigenvalue weighted by atomic mass is 16.5. The molecule has 0 radical (unpaired) electrons. The second-order valence-electron chi connectivity index (χ2n) is 6.71. The first-order valence-corrected chi connectivity index (χ1v) is 9.07. The maximum atomic E-state index is 11.2. The summed E-state index contributed by atoms with van der Waals surface area (Å²) in [7, 11) is 3.19. The first-order chi connectivity index (χ1) is 13.0. The van der Waals surface area contributed by atoms with Crippen LogP contribution in [0.1, 0.15) is 30.9 Å². The van der Waals surface area contributed by atoms with Crippen LogP contribution in [0.25, 0.3) is 0 Å². The summed E-state index contributed by atoms with van der Waals surface area (Å²) in [4.78, 5) is 11.2. The minimum atomic E-state index is -1.05. The van der Waals surface area contributed by atoms with Gasteiger partial charge in [0.2, 0.25) is 0 Å². The molecular weight excluding hydrogens is 344 g/mol. The molecule has 0 N–H and O–H groups in total.